The third-order valence-corrected chi connectivity index (χ3v) is 3.66. The highest BCUT2D eigenvalue weighted by Gasteiger charge is 2.14. The summed E-state index contributed by atoms with van der Waals surface area (Å²) in [4.78, 5) is 24.1. The van der Waals surface area contributed by atoms with Gasteiger partial charge in [0.25, 0.3) is 5.91 Å². The first-order chi connectivity index (χ1) is 12.6. The molecule has 0 saturated heterocycles. The Bertz CT molecular complexity index is 949. The quantitative estimate of drug-likeness (QED) is 0.689. The molecule has 0 aliphatic heterocycles. The molecule has 1 N–H and O–H groups in total. The number of fused-ring (bicyclic) bond motifs is 1. The number of benzene rings is 1. The number of anilines is 1. The molecule has 0 atom stereocenters. The third-order valence-electron chi connectivity index (χ3n) is 3.66. The lowest BCUT2D eigenvalue weighted by Crippen LogP contribution is -2.20. The number of ether oxygens (including phenoxy) is 2. The van der Waals surface area contributed by atoms with Gasteiger partial charge in [-0.15, -0.1) is 0 Å². The molecule has 0 radical (unpaired) electrons. The third kappa shape index (κ3) is 4.00. The number of nitrogens with one attached hydrogen (secondary N) is 1. The predicted octanol–water partition coefficient (Wildman–Crippen LogP) is 2.84. The van der Waals surface area contributed by atoms with Gasteiger partial charge < -0.3 is 14.8 Å². The van der Waals surface area contributed by atoms with E-state index < -0.39 is 5.97 Å². The van der Waals surface area contributed by atoms with Gasteiger partial charge in [0.1, 0.15) is 11.3 Å². The highest BCUT2D eigenvalue weighted by molar-refractivity contribution is 5.98. The van der Waals surface area contributed by atoms with Crippen molar-refractivity contribution >= 4 is 23.1 Å². The van der Waals surface area contributed by atoms with Gasteiger partial charge in [0.15, 0.2) is 6.61 Å². The monoisotopic (exact) mass is 353 g/mol. The molecule has 2 aromatic heterocycles. The normalized spacial score (nSPS) is 10.5. The van der Waals surface area contributed by atoms with Crippen molar-refractivity contribution < 1.29 is 19.1 Å². The van der Waals surface area contributed by atoms with Gasteiger partial charge in [0, 0.05) is 11.9 Å². The van der Waals surface area contributed by atoms with Crippen LogP contribution in [-0.4, -0.2) is 34.7 Å². The van der Waals surface area contributed by atoms with Gasteiger partial charge >= 0.3 is 5.97 Å². The van der Waals surface area contributed by atoms with Crippen molar-refractivity contribution in [1.82, 2.24) is 9.61 Å². The molecule has 2 heterocycles. The van der Waals surface area contributed by atoms with Crippen LogP contribution in [0.5, 0.6) is 5.75 Å². The second-order valence-electron chi connectivity index (χ2n) is 5.68. The van der Waals surface area contributed by atoms with Gasteiger partial charge in [-0.05, 0) is 43.7 Å². The smallest absolute Gasteiger partial charge is 0.341 e. The summed E-state index contributed by atoms with van der Waals surface area (Å²) < 4.78 is 12.0. The Morgan fingerprint density at radius 3 is 2.85 bits per heavy atom. The summed E-state index contributed by atoms with van der Waals surface area (Å²) in [6.07, 6.45) is 3.11. The Labute approximate surface area is 150 Å². The fourth-order valence-corrected chi connectivity index (χ4v) is 2.48. The number of amides is 1. The van der Waals surface area contributed by atoms with Crippen LogP contribution in [-0.2, 0) is 9.53 Å². The van der Waals surface area contributed by atoms with Crippen LogP contribution < -0.4 is 10.1 Å². The van der Waals surface area contributed by atoms with Crippen molar-refractivity contribution in [3.8, 4) is 5.75 Å². The minimum absolute atomic E-state index is 0.112. The Morgan fingerprint density at radius 2 is 2.08 bits per heavy atom. The van der Waals surface area contributed by atoms with E-state index in [1.54, 1.807) is 35.8 Å². The van der Waals surface area contributed by atoms with Crippen LogP contribution in [0.25, 0.3) is 5.52 Å². The van der Waals surface area contributed by atoms with E-state index in [1.165, 1.54) is 6.20 Å². The number of hydrogen-bond acceptors (Lipinski definition) is 5. The molecule has 0 fully saturated rings. The van der Waals surface area contributed by atoms with Crippen LogP contribution in [0.15, 0.2) is 48.8 Å². The number of rotatable bonds is 6. The molecule has 1 amide bonds. The van der Waals surface area contributed by atoms with Crippen LogP contribution in [0, 0.1) is 6.92 Å². The molecule has 0 aliphatic rings. The van der Waals surface area contributed by atoms with Crippen LogP contribution in [0.2, 0.25) is 0 Å². The maximum atomic E-state index is 12.1. The van der Waals surface area contributed by atoms with Crippen LogP contribution >= 0.6 is 0 Å². The second kappa shape index (κ2) is 7.69. The highest BCUT2D eigenvalue weighted by Crippen LogP contribution is 2.17. The second-order valence-corrected chi connectivity index (χ2v) is 5.68. The summed E-state index contributed by atoms with van der Waals surface area (Å²) in [5, 5.41) is 6.85. The first-order valence-corrected chi connectivity index (χ1v) is 8.20. The lowest BCUT2D eigenvalue weighted by atomic mass is 10.2. The summed E-state index contributed by atoms with van der Waals surface area (Å²) in [7, 11) is 0. The van der Waals surface area contributed by atoms with E-state index in [0.29, 0.717) is 22.5 Å². The van der Waals surface area contributed by atoms with Crippen LogP contribution in [0.3, 0.4) is 0 Å². The number of carbonyl (C=O) groups excluding carboxylic acids is 2. The van der Waals surface area contributed by atoms with Crippen molar-refractivity contribution in [1.29, 1.82) is 0 Å². The standard InChI is InChI=1S/C19H19N3O4/c1-3-25-19(24)16-11-20-22-8-7-14(10-17(16)22)21-18(23)12-26-15-6-4-5-13(2)9-15/h4-11H,3,12H2,1-2H3,(H,21,23). The number of nitrogens with zero attached hydrogens (tertiary/aromatic N) is 2. The molecule has 0 saturated carbocycles. The molecule has 26 heavy (non-hydrogen) atoms. The van der Waals surface area contributed by atoms with E-state index >= 15 is 0 Å². The summed E-state index contributed by atoms with van der Waals surface area (Å²) in [6, 6.07) is 10.8. The molecule has 0 spiro atoms. The maximum absolute atomic E-state index is 12.1. The predicted molar refractivity (Wildman–Crippen MR) is 96.5 cm³/mol. The SMILES string of the molecule is CCOC(=O)c1cnn2ccc(NC(=O)COc3cccc(C)c3)cc12. The maximum Gasteiger partial charge on any atom is 0.341 e. The average molecular weight is 353 g/mol. The van der Waals surface area contributed by atoms with E-state index in [2.05, 4.69) is 10.4 Å². The van der Waals surface area contributed by atoms with Crippen LogP contribution in [0.1, 0.15) is 22.8 Å². The van der Waals surface area contributed by atoms with Crippen molar-refractivity contribution in [2.24, 2.45) is 0 Å². The summed E-state index contributed by atoms with van der Waals surface area (Å²) in [5.41, 5.74) is 2.50. The van der Waals surface area contributed by atoms with Crippen molar-refractivity contribution in [3.05, 3.63) is 59.9 Å². The molecule has 3 rings (SSSR count). The van der Waals surface area contributed by atoms with Crippen LogP contribution in [0.4, 0.5) is 5.69 Å². The zero-order valence-electron chi connectivity index (χ0n) is 14.6. The Morgan fingerprint density at radius 1 is 1.23 bits per heavy atom. The largest absolute Gasteiger partial charge is 0.484 e. The minimum Gasteiger partial charge on any atom is -0.484 e. The lowest BCUT2D eigenvalue weighted by molar-refractivity contribution is -0.118. The minimum atomic E-state index is -0.450. The molecule has 7 nitrogen and oxygen atoms in total. The van der Waals surface area contributed by atoms with Gasteiger partial charge in [-0.2, -0.15) is 5.10 Å². The molecular weight excluding hydrogens is 334 g/mol. The van der Waals surface area contributed by atoms with E-state index in [1.807, 2.05) is 25.1 Å². The van der Waals surface area contributed by atoms with Gasteiger partial charge in [0.2, 0.25) is 0 Å². The Hall–Kier alpha value is -3.35. The van der Waals surface area contributed by atoms with E-state index in [4.69, 9.17) is 9.47 Å². The van der Waals surface area contributed by atoms with Gasteiger partial charge in [-0.1, -0.05) is 12.1 Å². The zero-order valence-corrected chi connectivity index (χ0v) is 14.6. The van der Waals surface area contributed by atoms with Gasteiger partial charge in [-0.25, -0.2) is 9.31 Å². The lowest BCUT2D eigenvalue weighted by Gasteiger charge is -2.08. The van der Waals surface area contributed by atoms with Crippen molar-refractivity contribution in [2.75, 3.05) is 18.5 Å². The number of carbonyl (C=O) groups is 2. The number of aryl methyl sites for hydroxylation is 1. The fraction of sp³-hybridized carbons (Fsp3) is 0.211. The fourth-order valence-electron chi connectivity index (χ4n) is 2.48. The number of hydrogen-bond donors (Lipinski definition) is 1. The zero-order chi connectivity index (χ0) is 18.5. The van der Waals surface area contributed by atoms with Gasteiger partial charge in [-0.3, -0.25) is 4.79 Å². The Balaban J connectivity index is 1.69. The summed E-state index contributed by atoms with van der Waals surface area (Å²) in [6.45, 7) is 3.86. The Kier molecular flexibility index (Phi) is 5.17. The molecule has 3 aromatic rings. The first kappa shape index (κ1) is 17.5. The summed E-state index contributed by atoms with van der Waals surface area (Å²) in [5.74, 6) is -0.113. The molecule has 0 unspecified atom stereocenters. The first-order valence-electron chi connectivity index (χ1n) is 8.20. The van der Waals surface area contributed by atoms with E-state index in [9.17, 15) is 9.59 Å². The molecule has 7 heteroatoms. The summed E-state index contributed by atoms with van der Waals surface area (Å²) >= 11 is 0. The highest BCUT2D eigenvalue weighted by atomic mass is 16.5. The van der Waals surface area contributed by atoms with E-state index in [0.717, 1.165) is 5.56 Å². The topological polar surface area (TPSA) is 81.9 Å². The average Bonchev–Trinajstić information content (AvgIpc) is 3.03. The van der Waals surface area contributed by atoms with Crippen molar-refractivity contribution in [3.63, 3.8) is 0 Å². The number of pyridine rings is 1. The van der Waals surface area contributed by atoms with Gasteiger partial charge in [0.05, 0.1) is 18.3 Å². The molecule has 0 aliphatic carbocycles. The van der Waals surface area contributed by atoms with Crippen molar-refractivity contribution in [2.45, 2.75) is 13.8 Å². The molecular formula is C19H19N3O4. The van der Waals surface area contributed by atoms with E-state index in [-0.39, 0.29) is 19.1 Å². The number of esters is 1. The number of aromatic nitrogens is 2. The molecule has 0 bridgehead atoms. The molecule has 134 valence electrons. The molecule has 1 aromatic carbocycles.